The van der Waals surface area contributed by atoms with Crippen molar-refractivity contribution in [1.29, 1.82) is 0 Å². The van der Waals surface area contributed by atoms with Crippen molar-refractivity contribution in [2.75, 3.05) is 7.05 Å². The van der Waals surface area contributed by atoms with Gasteiger partial charge >= 0.3 is 6.03 Å². The molecule has 2 amide bonds. The molecule has 136 valence electrons. The summed E-state index contributed by atoms with van der Waals surface area (Å²) in [6, 6.07) is 4.12. The second-order valence-corrected chi connectivity index (χ2v) is 6.86. The standard InChI is InChI=1S/C18H21FN6O/c1-24-8-7-20-17(24)16(11-3-4-11)23-18(26)25(2)10-15-21-13-6-5-12(19)9-14(13)22-15/h5-9,11,16H,3-4,10H2,1-2H3,(H,21,22)(H,23,26)/t16-/m0/s1. The van der Waals surface area contributed by atoms with Crippen LogP contribution in [0.5, 0.6) is 0 Å². The number of aromatic nitrogens is 4. The van der Waals surface area contributed by atoms with Crippen LogP contribution in [0.1, 0.15) is 30.5 Å². The monoisotopic (exact) mass is 356 g/mol. The number of H-pyrrole nitrogens is 1. The number of fused-ring (bicyclic) bond motifs is 1. The molecule has 4 rings (SSSR count). The highest BCUT2D eigenvalue weighted by molar-refractivity contribution is 5.76. The minimum atomic E-state index is -0.318. The largest absolute Gasteiger partial charge is 0.340 e. The summed E-state index contributed by atoms with van der Waals surface area (Å²) < 4.78 is 15.2. The van der Waals surface area contributed by atoms with Crippen LogP contribution in [0.25, 0.3) is 11.0 Å². The molecule has 0 aliphatic heterocycles. The van der Waals surface area contributed by atoms with Gasteiger partial charge in [-0.05, 0) is 37.0 Å². The van der Waals surface area contributed by atoms with E-state index in [0.717, 1.165) is 18.7 Å². The minimum Gasteiger partial charge on any atom is -0.340 e. The van der Waals surface area contributed by atoms with E-state index in [9.17, 15) is 9.18 Å². The Morgan fingerprint density at radius 2 is 2.31 bits per heavy atom. The third-order valence-corrected chi connectivity index (χ3v) is 4.74. The molecule has 0 saturated heterocycles. The van der Waals surface area contributed by atoms with Crippen molar-refractivity contribution in [1.82, 2.24) is 29.7 Å². The average Bonchev–Trinajstić information content (AvgIpc) is 3.24. The van der Waals surface area contributed by atoms with Gasteiger partial charge in [-0.15, -0.1) is 0 Å². The Labute approximate surface area is 150 Å². The van der Waals surface area contributed by atoms with Gasteiger partial charge < -0.3 is 19.8 Å². The Balaban J connectivity index is 1.45. The molecule has 2 N–H and O–H groups in total. The number of rotatable bonds is 5. The Kier molecular flexibility index (Phi) is 4.10. The van der Waals surface area contributed by atoms with Gasteiger partial charge in [-0.25, -0.2) is 19.2 Å². The number of amides is 2. The van der Waals surface area contributed by atoms with Crippen molar-refractivity contribution >= 4 is 17.1 Å². The molecule has 0 spiro atoms. The van der Waals surface area contributed by atoms with E-state index in [0.29, 0.717) is 29.3 Å². The fraction of sp³-hybridized carbons (Fsp3) is 0.389. The molecular formula is C18H21FN6O. The Hall–Kier alpha value is -2.90. The maximum Gasteiger partial charge on any atom is 0.318 e. The Morgan fingerprint density at radius 3 is 3.00 bits per heavy atom. The first-order valence-electron chi connectivity index (χ1n) is 8.64. The van der Waals surface area contributed by atoms with E-state index in [1.165, 1.54) is 12.1 Å². The van der Waals surface area contributed by atoms with Gasteiger partial charge in [-0.3, -0.25) is 0 Å². The number of aryl methyl sites for hydroxylation is 1. The van der Waals surface area contributed by atoms with Crippen LogP contribution in [0.2, 0.25) is 0 Å². The van der Waals surface area contributed by atoms with E-state index < -0.39 is 0 Å². The summed E-state index contributed by atoms with van der Waals surface area (Å²) in [6.45, 7) is 0.306. The number of carbonyl (C=O) groups excluding carboxylic acids is 1. The third kappa shape index (κ3) is 3.26. The molecule has 1 fully saturated rings. The molecule has 0 bridgehead atoms. The maximum absolute atomic E-state index is 13.3. The smallest absolute Gasteiger partial charge is 0.318 e. The Morgan fingerprint density at radius 1 is 1.50 bits per heavy atom. The summed E-state index contributed by atoms with van der Waals surface area (Å²) in [6.07, 6.45) is 5.82. The number of hydrogen-bond donors (Lipinski definition) is 2. The quantitative estimate of drug-likeness (QED) is 0.738. The molecule has 1 aromatic carbocycles. The summed E-state index contributed by atoms with van der Waals surface area (Å²) in [5, 5.41) is 3.09. The van der Waals surface area contributed by atoms with Gasteiger partial charge in [0.25, 0.3) is 0 Å². The van der Waals surface area contributed by atoms with Gasteiger partial charge in [0.1, 0.15) is 17.5 Å². The van der Waals surface area contributed by atoms with Gasteiger partial charge in [0.15, 0.2) is 0 Å². The highest BCUT2D eigenvalue weighted by atomic mass is 19.1. The molecule has 2 aromatic heterocycles. The molecule has 2 heterocycles. The zero-order valence-electron chi connectivity index (χ0n) is 14.7. The van der Waals surface area contributed by atoms with Crippen LogP contribution in [0.3, 0.4) is 0 Å². The van der Waals surface area contributed by atoms with Crippen molar-refractivity contribution in [3.63, 3.8) is 0 Å². The maximum atomic E-state index is 13.3. The second-order valence-electron chi connectivity index (χ2n) is 6.86. The molecule has 3 aromatic rings. The van der Waals surface area contributed by atoms with Gasteiger partial charge in [0, 0.05) is 26.5 Å². The van der Waals surface area contributed by atoms with Gasteiger partial charge in [-0.2, -0.15) is 0 Å². The van der Waals surface area contributed by atoms with Crippen LogP contribution < -0.4 is 5.32 Å². The molecule has 0 unspecified atom stereocenters. The summed E-state index contributed by atoms with van der Waals surface area (Å²) >= 11 is 0. The molecule has 1 atom stereocenters. The van der Waals surface area contributed by atoms with Crippen LogP contribution in [-0.2, 0) is 13.6 Å². The molecule has 7 nitrogen and oxygen atoms in total. The number of halogens is 1. The van der Waals surface area contributed by atoms with E-state index in [4.69, 9.17) is 0 Å². The minimum absolute atomic E-state index is 0.0882. The van der Waals surface area contributed by atoms with Crippen LogP contribution in [0.15, 0.2) is 30.6 Å². The lowest BCUT2D eigenvalue weighted by Gasteiger charge is -2.23. The van der Waals surface area contributed by atoms with Crippen molar-refractivity contribution in [3.05, 3.63) is 48.1 Å². The van der Waals surface area contributed by atoms with Crippen LogP contribution in [-0.4, -0.2) is 37.5 Å². The van der Waals surface area contributed by atoms with Crippen molar-refractivity contribution in [2.45, 2.75) is 25.4 Å². The van der Waals surface area contributed by atoms with Crippen LogP contribution in [0, 0.1) is 11.7 Å². The lowest BCUT2D eigenvalue weighted by molar-refractivity contribution is 0.199. The molecule has 1 aliphatic carbocycles. The summed E-state index contributed by atoms with van der Waals surface area (Å²) in [4.78, 5) is 26.1. The molecule has 1 aliphatic rings. The third-order valence-electron chi connectivity index (χ3n) is 4.74. The predicted molar refractivity (Wildman–Crippen MR) is 94.7 cm³/mol. The van der Waals surface area contributed by atoms with E-state index in [1.54, 1.807) is 24.2 Å². The zero-order chi connectivity index (χ0) is 18.3. The number of carbonyl (C=O) groups is 1. The predicted octanol–water partition coefficient (Wildman–Crippen LogP) is 2.73. The lowest BCUT2D eigenvalue weighted by Crippen LogP contribution is -2.40. The number of aromatic amines is 1. The van der Waals surface area contributed by atoms with E-state index in [2.05, 4.69) is 20.3 Å². The normalized spacial score (nSPS) is 15.2. The number of benzene rings is 1. The fourth-order valence-electron chi connectivity index (χ4n) is 3.15. The lowest BCUT2D eigenvalue weighted by atomic mass is 10.1. The van der Waals surface area contributed by atoms with Crippen molar-refractivity contribution < 1.29 is 9.18 Å². The van der Waals surface area contributed by atoms with Gasteiger partial charge in [-0.1, -0.05) is 0 Å². The number of nitrogens with one attached hydrogen (secondary N) is 2. The topological polar surface area (TPSA) is 78.8 Å². The van der Waals surface area contributed by atoms with E-state index in [1.807, 2.05) is 17.8 Å². The number of imidazole rings is 2. The molecule has 26 heavy (non-hydrogen) atoms. The van der Waals surface area contributed by atoms with Crippen LogP contribution >= 0.6 is 0 Å². The SMILES string of the molecule is CN(Cc1nc2ccc(F)cc2[nH]1)C(=O)N[C@H](c1nccn1C)C1CC1. The highest BCUT2D eigenvalue weighted by Gasteiger charge is 2.36. The van der Waals surface area contributed by atoms with E-state index >= 15 is 0 Å². The second kappa shape index (κ2) is 6.44. The summed E-state index contributed by atoms with van der Waals surface area (Å²) in [7, 11) is 3.65. The molecule has 1 saturated carbocycles. The zero-order valence-corrected chi connectivity index (χ0v) is 14.7. The summed E-state index contributed by atoms with van der Waals surface area (Å²) in [5.41, 5.74) is 1.30. The molecular weight excluding hydrogens is 335 g/mol. The highest BCUT2D eigenvalue weighted by Crippen LogP contribution is 2.40. The first kappa shape index (κ1) is 16.6. The summed E-state index contributed by atoms with van der Waals surface area (Å²) in [5.74, 6) is 1.60. The van der Waals surface area contributed by atoms with Gasteiger partial charge in [0.05, 0.1) is 23.6 Å². The van der Waals surface area contributed by atoms with Crippen LogP contribution in [0.4, 0.5) is 9.18 Å². The Bertz CT molecular complexity index is 944. The molecule has 8 heteroatoms. The molecule has 0 radical (unpaired) electrons. The average molecular weight is 356 g/mol. The first-order chi connectivity index (χ1) is 12.5. The first-order valence-corrected chi connectivity index (χ1v) is 8.64. The number of nitrogens with zero attached hydrogens (tertiary/aromatic N) is 4. The fourth-order valence-corrected chi connectivity index (χ4v) is 3.15. The van der Waals surface area contributed by atoms with Crippen molar-refractivity contribution in [3.8, 4) is 0 Å². The van der Waals surface area contributed by atoms with Gasteiger partial charge in [0.2, 0.25) is 0 Å². The number of urea groups is 1. The van der Waals surface area contributed by atoms with Crippen molar-refractivity contribution in [2.24, 2.45) is 13.0 Å². The number of hydrogen-bond acceptors (Lipinski definition) is 3. The van der Waals surface area contributed by atoms with E-state index in [-0.39, 0.29) is 17.9 Å².